The molecule has 0 spiro atoms. The van der Waals surface area contributed by atoms with Crippen LogP contribution in [0, 0.1) is 0 Å². The fraction of sp³-hybridized carbons (Fsp3) is 0.762. The molecule has 1 aromatic rings. The minimum Gasteiger partial charge on any atom is -0.332 e. The van der Waals surface area contributed by atoms with E-state index in [2.05, 4.69) is 34.1 Å². The average Bonchev–Trinajstić information content (AvgIpc) is 2.99. The average molecular weight is 404 g/mol. The highest BCUT2D eigenvalue weighted by molar-refractivity contribution is 8.13. The number of nitrogens with zero attached hydrogens (tertiary/aromatic N) is 5. The summed E-state index contributed by atoms with van der Waals surface area (Å²) in [6, 6.07) is 1.16. The lowest BCUT2D eigenvalue weighted by molar-refractivity contribution is -0.111. The Morgan fingerprint density at radius 3 is 2.36 bits per heavy atom. The third-order valence-corrected chi connectivity index (χ3v) is 7.36. The van der Waals surface area contributed by atoms with Crippen molar-refractivity contribution in [3.05, 3.63) is 18.0 Å². The Morgan fingerprint density at radius 1 is 1.11 bits per heavy atom. The lowest BCUT2D eigenvalue weighted by Gasteiger charge is -2.39. The maximum Gasteiger partial charge on any atom is 0.225 e. The minimum absolute atomic E-state index is 0.306. The fourth-order valence-corrected chi connectivity index (χ4v) is 5.50. The van der Waals surface area contributed by atoms with Crippen LogP contribution < -0.4 is 4.90 Å². The number of piperidine rings is 1. The van der Waals surface area contributed by atoms with Crippen LogP contribution in [0.15, 0.2) is 12.4 Å². The Morgan fingerprint density at radius 2 is 1.75 bits per heavy atom. The number of rotatable bonds is 6. The van der Waals surface area contributed by atoms with Gasteiger partial charge in [0.2, 0.25) is 5.95 Å². The van der Waals surface area contributed by atoms with Crippen LogP contribution in [0.4, 0.5) is 5.95 Å². The van der Waals surface area contributed by atoms with E-state index in [0.29, 0.717) is 29.5 Å². The second kappa shape index (κ2) is 9.09. The van der Waals surface area contributed by atoms with Gasteiger partial charge in [0.15, 0.2) is 5.12 Å². The van der Waals surface area contributed by atoms with Gasteiger partial charge in [0.1, 0.15) is 0 Å². The molecule has 0 aromatic carbocycles. The highest BCUT2D eigenvalue weighted by atomic mass is 32.2. The number of hydrogen-bond donors (Lipinski definition) is 0. The number of aromatic nitrogens is 2. The van der Waals surface area contributed by atoms with Crippen molar-refractivity contribution < 1.29 is 4.79 Å². The summed E-state index contributed by atoms with van der Waals surface area (Å²) in [7, 11) is 2.22. The lowest BCUT2D eigenvalue weighted by atomic mass is 9.91. The number of thioether (sulfide) groups is 1. The van der Waals surface area contributed by atoms with Crippen molar-refractivity contribution in [2.24, 2.45) is 0 Å². The molecule has 0 N–H and O–H groups in total. The van der Waals surface area contributed by atoms with Crippen LogP contribution in [-0.4, -0.2) is 83.0 Å². The van der Waals surface area contributed by atoms with E-state index < -0.39 is 0 Å². The van der Waals surface area contributed by atoms with Crippen molar-refractivity contribution in [2.75, 3.05) is 50.9 Å². The molecule has 3 aliphatic heterocycles. The normalized spacial score (nSPS) is 26.7. The molecular formula is C21H33N5OS. The smallest absolute Gasteiger partial charge is 0.225 e. The molecule has 2 unspecified atom stereocenters. The van der Waals surface area contributed by atoms with Crippen molar-refractivity contribution in [1.29, 1.82) is 0 Å². The number of piperazine rings is 1. The van der Waals surface area contributed by atoms with Crippen LogP contribution in [0.1, 0.15) is 50.0 Å². The number of likely N-dealkylation sites (tertiary alicyclic amines) is 2. The molecule has 0 saturated carbocycles. The molecule has 0 amide bonds. The van der Waals surface area contributed by atoms with Crippen molar-refractivity contribution >= 4 is 22.8 Å². The maximum atomic E-state index is 11.4. The first kappa shape index (κ1) is 20.1. The second-order valence-electron chi connectivity index (χ2n) is 8.63. The van der Waals surface area contributed by atoms with Crippen LogP contribution in [0.25, 0.3) is 0 Å². The van der Waals surface area contributed by atoms with Gasteiger partial charge in [0.05, 0.1) is 0 Å². The third kappa shape index (κ3) is 4.52. The van der Waals surface area contributed by atoms with Gasteiger partial charge in [-0.1, -0.05) is 11.8 Å². The summed E-state index contributed by atoms with van der Waals surface area (Å²) >= 11 is 1.35. The van der Waals surface area contributed by atoms with Crippen LogP contribution in [0.5, 0.6) is 0 Å². The zero-order valence-corrected chi connectivity index (χ0v) is 18.0. The summed E-state index contributed by atoms with van der Waals surface area (Å²) in [5.74, 6) is 1.50. The Labute approximate surface area is 173 Å². The first-order valence-electron chi connectivity index (χ1n) is 10.7. The highest BCUT2D eigenvalue weighted by Crippen LogP contribution is 2.33. The molecule has 0 radical (unpaired) electrons. The molecule has 0 aliphatic carbocycles. The molecule has 154 valence electrons. The zero-order chi connectivity index (χ0) is 19.5. The SMILES string of the molecule is CSC(=O)CCCN1CCC(c2cnc(N3C4CCC3CN(C)C4)nc2)CC1. The number of likely N-dealkylation sites (N-methyl/N-ethyl adjacent to an activating group) is 1. The number of carbonyl (C=O) groups is 1. The molecule has 3 saturated heterocycles. The third-order valence-electron chi connectivity index (χ3n) is 6.70. The van der Waals surface area contributed by atoms with Crippen molar-refractivity contribution in [1.82, 2.24) is 19.8 Å². The Kier molecular flexibility index (Phi) is 6.53. The van der Waals surface area contributed by atoms with Gasteiger partial charge < -0.3 is 14.7 Å². The van der Waals surface area contributed by atoms with Gasteiger partial charge in [0, 0.05) is 44.0 Å². The Hall–Kier alpha value is -1.18. The molecule has 2 atom stereocenters. The molecule has 2 bridgehead atoms. The standard InChI is InChI=1S/C21H33N5OS/c1-24-14-18-5-6-19(15-24)26(18)21-22-12-17(13-23-21)16-7-10-25(11-8-16)9-3-4-20(27)28-2/h12-13,16,18-19H,3-11,14-15H2,1-2H3. The molecule has 6 nitrogen and oxygen atoms in total. The molecule has 4 rings (SSSR count). The number of fused-ring (bicyclic) bond motifs is 2. The first-order valence-corrected chi connectivity index (χ1v) is 11.9. The van der Waals surface area contributed by atoms with Crippen LogP contribution in [0.3, 0.4) is 0 Å². The molecule has 4 heterocycles. The summed E-state index contributed by atoms with van der Waals surface area (Å²) in [6.07, 6.45) is 12.6. The van der Waals surface area contributed by atoms with Gasteiger partial charge in [-0.25, -0.2) is 9.97 Å². The summed E-state index contributed by atoms with van der Waals surface area (Å²) in [5, 5.41) is 0.306. The largest absolute Gasteiger partial charge is 0.332 e. The Bertz CT molecular complexity index is 647. The Balaban J connectivity index is 1.28. The van der Waals surface area contributed by atoms with Crippen LogP contribution in [-0.2, 0) is 4.79 Å². The van der Waals surface area contributed by atoms with E-state index in [-0.39, 0.29) is 0 Å². The van der Waals surface area contributed by atoms with E-state index in [1.54, 1.807) is 0 Å². The first-order chi connectivity index (χ1) is 13.6. The van der Waals surface area contributed by atoms with Crippen LogP contribution in [0.2, 0.25) is 0 Å². The zero-order valence-electron chi connectivity index (χ0n) is 17.2. The summed E-state index contributed by atoms with van der Waals surface area (Å²) in [5.41, 5.74) is 1.29. The van der Waals surface area contributed by atoms with Crippen molar-refractivity contribution in [3.63, 3.8) is 0 Å². The number of hydrogen-bond acceptors (Lipinski definition) is 7. The number of carbonyl (C=O) groups excluding carboxylic acids is 1. The lowest BCUT2D eigenvalue weighted by Crippen LogP contribution is -2.53. The summed E-state index contributed by atoms with van der Waals surface area (Å²) in [6.45, 7) is 5.52. The second-order valence-corrected chi connectivity index (χ2v) is 9.49. The molecule has 28 heavy (non-hydrogen) atoms. The predicted molar refractivity (Wildman–Crippen MR) is 115 cm³/mol. The van der Waals surface area contributed by atoms with Gasteiger partial charge in [-0.05, 0) is 76.5 Å². The molecule has 3 aliphatic rings. The van der Waals surface area contributed by atoms with Gasteiger partial charge >= 0.3 is 0 Å². The van der Waals surface area contributed by atoms with E-state index in [1.165, 1.54) is 43.0 Å². The van der Waals surface area contributed by atoms with Gasteiger partial charge in [-0.15, -0.1) is 0 Å². The van der Waals surface area contributed by atoms with E-state index in [0.717, 1.165) is 45.1 Å². The summed E-state index contributed by atoms with van der Waals surface area (Å²) in [4.78, 5) is 28.4. The van der Waals surface area contributed by atoms with E-state index in [4.69, 9.17) is 9.97 Å². The van der Waals surface area contributed by atoms with E-state index in [1.807, 2.05) is 6.26 Å². The quantitative estimate of drug-likeness (QED) is 0.724. The van der Waals surface area contributed by atoms with Gasteiger partial charge in [-0.3, -0.25) is 4.79 Å². The number of anilines is 1. The summed E-state index contributed by atoms with van der Waals surface area (Å²) < 4.78 is 0. The van der Waals surface area contributed by atoms with E-state index in [9.17, 15) is 4.79 Å². The molecular weight excluding hydrogens is 370 g/mol. The monoisotopic (exact) mass is 403 g/mol. The van der Waals surface area contributed by atoms with E-state index >= 15 is 0 Å². The molecule has 1 aromatic heterocycles. The fourth-order valence-electron chi connectivity index (χ4n) is 5.15. The topological polar surface area (TPSA) is 52.6 Å². The van der Waals surface area contributed by atoms with Crippen molar-refractivity contribution in [3.8, 4) is 0 Å². The van der Waals surface area contributed by atoms with Gasteiger partial charge in [0.25, 0.3) is 0 Å². The molecule has 7 heteroatoms. The van der Waals surface area contributed by atoms with Crippen LogP contribution >= 0.6 is 11.8 Å². The minimum atomic E-state index is 0.306. The van der Waals surface area contributed by atoms with Crippen molar-refractivity contribution in [2.45, 2.75) is 56.5 Å². The maximum absolute atomic E-state index is 11.4. The predicted octanol–water partition coefficient (Wildman–Crippen LogP) is 2.61. The van der Waals surface area contributed by atoms with Gasteiger partial charge in [-0.2, -0.15) is 0 Å². The highest BCUT2D eigenvalue weighted by Gasteiger charge is 2.40. The molecule has 3 fully saturated rings.